The number of carbonyl (C=O) groups excluding carboxylic acids is 1. The first-order chi connectivity index (χ1) is 17.1. The third kappa shape index (κ3) is 5.73. The minimum atomic E-state index is -0.445. The van der Waals surface area contributed by atoms with Gasteiger partial charge in [0.05, 0.1) is 20.8 Å². The molecule has 0 aliphatic rings. The van der Waals surface area contributed by atoms with E-state index in [-0.39, 0.29) is 13.2 Å². The van der Waals surface area contributed by atoms with Gasteiger partial charge in [0.15, 0.2) is 11.5 Å². The lowest BCUT2D eigenvalue weighted by molar-refractivity contribution is -0.153. The van der Waals surface area contributed by atoms with Crippen molar-refractivity contribution in [2.24, 2.45) is 0 Å². The highest BCUT2D eigenvalue weighted by atomic mass is 16.6. The van der Waals surface area contributed by atoms with E-state index in [1.165, 1.54) is 0 Å². The molecule has 0 bridgehead atoms. The maximum atomic E-state index is 12.5. The number of carbonyl (C=O) groups is 1. The van der Waals surface area contributed by atoms with Gasteiger partial charge < -0.3 is 23.7 Å². The second-order valence-corrected chi connectivity index (χ2v) is 8.03. The SMILES string of the molecule is CCO[C@@H](COC(=O)COCc1c2ccccc2cc2ccccc12)c1ccc(OC)c(OC)c1. The van der Waals surface area contributed by atoms with Crippen molar-refractivity contribution < 1.29 is 28.5 Å². The summed E-state index contributed by atoms with van der Waals surface area (Å²) >= 11 is 0. The number of ether oxygens (including phenoxy) is 5. The predicted molar refractivity (Wildman–Crippen MR) is 136 cm³/mol. The van der Waals surface area contributed by atoms with Crippen LogP contribution in [-0.4, -0.2) is 40.0 Å². The van der Waals surface area contributed by atoms with E-state index in [9.17, 15) is 4.79 Å². The zero-order valence-corrected chi connectivity index (χ0v) is 20.3. The molecule has 0 unspecified atom stereocenters. The van der Waals surface area contributed by atoms with Crippen LogP contribution >= 0.6 is 0 Å². The Kier molecular flexibility index (Phi) is 8.19. The van der Waals surface area contributed by atoms with Crippen LogP contribution in [0.1, 0.15) is 24.2 Å². The van der Waals surface area contributed by atoms with Gasteiger partial charge in [-0.2, -0.15) is 0 Å². The van der Waals surface area contributed by atoms with Crippen LogP contribution in [0, 0.1) is 0 Å². The molecule has 1 atom stereocenters. The number of hydrogen-bond donors (Lipinski definition) is 0. The first-order valence-corrected chi connectivity index (χ1v) is 11.6. The van der Waals surface area contributed by atoms with Gasteiger partial charge in [0, 0.05) is 6.61 Å². The van der Waals surface area contributed by atoms with E-state index in [1.807, 2.05) is 43.3 Å². The molecule has 0 spiro atoms. The van der Waals surface area contributed by atoms with Crippen molar-refractivity contribution in [3.05, 3.63) is 83.9 Å². The van der Waals surface area contributed by atoms with Crippen LogP contribution in [0.3, 0.4) is 0 Å². The summed E-state index contributed by atoms with van der Waals surface area (Å²) in [7, 11) is 3.16. The molecule has 0 amide bonds. The minimum Gasteiger partial charge on any atom is -0.493 e. The number of hydrogen-bond acceptors (Lipinski definition) is 6. The molecule has 35 heavy (non-hydrogen) atoms. The summed E-state index contributed by atoms with van der Waals surface area (Å²) in [5.74, 6) is 0.768. The van der Waals surface area contributed by atoms with Gasteiger partial charge in [0.2, 0.25) is 0 Å². The number of fused-ring (bicyclic) bond motifs is 2. The van der Waals surface area contributed by atoms with Crippen LogP contribution in [0.5, 0.6) is 11.5 Å². The maximum absolute atomic E-state index is 12.5. The predicted octanol–water partition coefficient (Wildman–Crippen LogP) is 5.85. The number of esters is 1. The monoisotopic (exact) mass is 474 g/mol. The molecule has 0 aliphatic heterocycles. The molecular weight excluding hydrogens is 444 g/mol. The van der Waals surface area contributed by atoms with Gasteiger partial charge in [-0.3, -0.25) is 0 Å². The van der Waals surface area contributed by atoms with Crippen LogP contribution in [-0.2, 0) is 25.6 Å². The summed E-state index contributed by atoms with van der Waals surface area (Å²) in [6.45, 7) is 2.60. The summed E-state index contributed by atoms with van der Waals surface area (Å²) in [5, 5.41) is 4.51. The van der Waals surface area contributed by atoms with E-state index in [1.54, 1.807) is 20.3 Å². The van der Waals surface area contributed by atoms with Gasteiger partial charge in [-0.1, -0.05) is 54.6 Å². The summed E-state index contributed by atoms with van der Waals surface area (Å²) in [5.41, 5.74) is 1.89. The van der Waals surface area contributed by atoms with Crippen molar-refractivity contribution in [2.75, 3.05) is 34.0 Å². The molecule has 0 fully saturated rings. The molecule has 4 rings (SSSR count). The zero-order valence-electron chi connectivity index (χ0n) is 20.3. The largest absolute Gasteiger partial charge is 0.493 e. The molecule has 0 heterocycles. The standard InChI is InChI=1S/C29H30O6/c1-4-34-28(22-13-14-26(31-2)27(16-22)32-3)18-35-29(30)19-33-17-25-23-11-7-5-9-20(23)15-21-10-6-8-12-24(21)25/h5-16,28H,4,17-19H2,1-3H3/t28-/m0/s1. The molecular formula is C29H30O6. The van der Waals surface area contributed by atoms with E-state index in [0.717, 1.165) is 32.7 Å². The highest BCUT2D eigenvalue weighted by molar-refractivity contribution is 6.02. The Morgan fingerprint density at radius 3 is 2.11 bits per heavy atom. The highest BCUT2D eigenvalue weighted by Gasteiger charge is 2.17. The molecule has 0 aromatic heterocycles. The Balaban J connectivity index is 1.40. The molecule has 6 nitrogen and oxygen atoms in total. The van der Waals surface area contributed by atoms with Gasteiger partial charge >= 0.3 is 5.97 Å². The van der Waals surface area contributed by atoms with E-state index >= 15 is 0 Å². The van der Waals surface area contributed by atoms with Crippen LogP contribution in [0.2, 0.25) is 0 Å². The second kappa shape index (κ2) is 11.7. The average molecular weight is 475 g/mol. The molecule has 0 radical (unpaired) electrons. The fraction of sp³-hybridized carbons (Fsp3) is 0.276. The van der Waals surface area contributed by atoms with Crippen molar-refractivity contribution in [1.29, 1.82) is 0 Å². The van der Waals surface area contributed by atoms with E-state index < -0.39 is 12.1 Å². The quantitative estimate of drug-likeness (QED) is 0.201. The topological polar surface area (TPSA) is 63.2 Å². The lowest BCUT2D eigenvalue weighted by atomic mass is 9.97. The average Bonchev–Trinajstić information content (AvgIpc) is 2.90. The van der Waals surface area contributed by atoms with Crippen LogP contribution in [0.25, 0.3) is 21.5 Å². The third-order valence-corrected chi connectivity index (χ3v) is 5.89. The highest BCUT2D eigenvalue weighted by Crippen LogP contribution is 2.32. The molecule has 0 saturated carbocycles. The van der Waals surface area contributed by atoms with Crippen LogP contribution in [0.15, 0.2) is 72.8 Å². The Morgan fingerprint density at radius 2 is 1.49 bits per heavy atom. The smallest absolute Gasteiger partial charge is 0.332 e. The normalized spacial score (nSPS) is 12.0. The first kappa shape index (κ1) is 24.5. The van der Waals surface area contributed by atoms with Crippen molar-refractivity contribution in [1.82, 2.24) is 0 Å². The molecule has 4 aromatic rings. The fourth-order valence-corrected chi connectivity index (χ4v) is 4.21. The van der Waals surface area contributed by atoms with Crippen LogP contribution in [0.4, 0.5) is 0 Å². The number of methoxy groups -OCH3 is 2. The molecule has 0 aliphatic carbocycles. The van der Waals surface area contributed by atoms with Crippen molar-refractivity contribution in [3.63, 3.8) is 0 Å². The molecule has 0 saturated heterocycles. The summed E-state index contributed by atoms with van der Waals surface area (Å²) in [4.78, 5) is 12.5. The van der Waals surface area contributed by atoms with Crippen molar-refractivity contribution in [3.8, 4) is 11.5 Å². The number of rotatable bonds is 11. The zero-order chi connectivity index (χ0) is 24.6. The molecule has 182 valence electrons. The molecule has 6 heteroatoms. The first-order valence-electron chi connectivity index (χ1n) is 11.6. The third-order valence-electron chi connectivity index (χ3n) is 5.89. The minimum absolute atomic E-state index is 0.0721. The fourth-order valence-electron chi connectivity index (χ4n) is 4.21. The Hall–Kier alpha value is -3.61. The lowest BCUT2D eigenvalue weighted by Gasteiger charge is -2.19. The summed E-state index contributed by atoms with van der Waals surface area (Å²) in [6.07, 6.45) is -0.425. The van der Waals surface area contributed by atoms with Crippen molar-refractivity contribution in [2.45, 2.75) is 19.6 Å². The summed E-state index contributed by atoms with van der Waals surface area (Å²) in [6, 6.07) is 24.1. The van der Waals surface area contributed by atoms with Crippen molar-refractivity contribution >= 4 is 27.5 Å². The Morgan fingerprint density at radius 1 is 0.829 bits per heavy atom. The second-order valence-electron chi connectivity index (χ2n) is 8.03. The summed E-state index contributed by atoms with van der Waals surface area (Å²) < 4.78 is 27.8. The Labute approximate surface area is 205 Å². The van der Waals surface area contributed by atoms with Crippen LogP contribution < -0.4 is 9.47 Å². The van der Waals surface area contributed by atoms with Gasteiger partial charge in [0.25, 0.3) is 0 Å². The van der Waals surface area contributed by atoms with Gasteiger partial charge in [0.1, 0.15) is 19.3 Å². The van der Waals surface area contributed by atoms with Gasteiger partial charge in [-0.15, -0.1) is 0 Å². The van der Waals surface area contributed by atoms with E-state index in [2.05, 4.69) is 30.3 Å². The van der Waals surface area contributed by atoms with Gasteiger partial charge in [-0.05, 0) is 57.8 Å². The van der Waals surface area contributed by atoms with E-state index in [0.29, 0.717) is 24.7 Å². The Bertz CT molecular complexity index is 1250. The molecule has 4 aromatic carbocycles. The van der Waals surface area contributed by atoms with E-state index in [4.69, 9.17) is 23.7 Å². The number of benzene rings is 4. The maximum Gasteiger partial charge on any atom is 0.332 e. The molecule has 0 N–H and O–H groups in total. The van der Waals surface area contributed by atoms with Gasteiger partial charge in [-0.25, -0.2) is 4.79 Å². The lowest BCUT2D eigenvalue weighted by Crippen LogP contribution is -2.19.